The fraction of sp³-hybridized carbons (Fsp3) is 0.250. The van der Waals surface area contributed by atoms with Crippen LogP contribution in [0.1, 0.15) is 0 Å². The molecule has 7 heteroatoms. The molecule has 1 aromatic heterocycles. The van der Waals surface area contributed by atoms with E-state index in [0.29, 0.717) is 11.2 Å². The highest BCUT2D eigenvalue weighted by molar-refractivity contribution is 5.83. The van der Waals surface area contributed by atoms with Gasteiger partial charge in [-0.3, -0.25) is 0 Å². The quantitative estimate of drug-likeness (QED) is 0.664. The van der Waals surface area contributed by atoms with Crippen molar-refractivity contribution in [3.63, 3.8) is 0 Å². The lowest BCUT2D eigenvalue weighted by Crippen LogP contribution is -2.35. The van der Waals surface area contributed by atoms with E-state index in [9.17, 15) is 17.6 Å². The molecular formula is C12H11F4N3. The van der Waals surface area contributed by atoms with Crippen LogP contribution in [0.15, 0.2) is 30.3 Å². The fourth-order valence-electron chi connectivity index (χ4n) is 1.53. The number of nitrogens with two attached hydrogens (primary N) is 1. The number of anilines is 2. The highest BCUT2D eigenvalue weighted by Crippen LogP contribution is 2.24. The monoisotopic (exact) mass is 273 g/mol. The lowest BCUT2D eigenvalue weighted by Gasteiger charge is -2.16. The molecule has 0 radical (unpaired) electrons. The molecule has 0 aliphatic heterocycles. The van der Waals surface area contributed by atoms with Gasteiger partial charge in [-0.1, -0.05) is 0 Å². The Morgan fingerprint density at radius 3 is 2.63 bits per heavy atom. The first-order valence-corrected chi connectivity index (χ1v) is 5.44. The Kier molecular flexibility index (Phi) is 3.46. The van der Waals surface area contributed by atoms with Crippen molar-refractivity contribution in [1.29, 1.82) is 0 Å². The summed E-state index contributed by atoms with van der Waals surface area (Å²) in [4.78, 5) is 4.03. The Hall–Kier alpha value is -2.05. The summed E-state index contributed by atoms with van der Waals surface area (Å²) in [7, 11) is 0. The molecule has 0 amide bonds. The summed E-state index contributed by atoms with van der Waals surface area (Å²) in [5, 5.41) is 2.94. The zero-order chi connectivity index (χ0) is 14.0. The SMILES string of the molecule is Nc1ccc2nc(NCC(F)(F)C(F)F)ccc2c1. The summed E-state index contributed by atoms with van der Waals surface area (Å²) in [6, 6.07) is 7.98. The van der Waals surface area contributed by atoms with Crippen molar-refractivity contribution >= 4 is 22.4 Å². The average Bonchev–Trinajstić information content (AvgIpc) is 2.36. The molecule has 0 spiro atoms. The molecule has 0 saturated heterocycles. The van der Waals surface area contributed by atoms with Crippen molar-refractivity contribution in [3.8, 4) is 0 Å². The largest absolute Gasteiger partial charge is 0.399 e. The summed E-state index contributed by atoms with van der Waals surface area (Å²) < 4.78 is 49.5. The van der Waals surface area contributed by atoms with Gasteiger partial charge in [0.05, 0.1) is 12.1 Å². The van der Waals surface area contributed by atoms with Gasteiger partial charge in [0.15, 0.2) is 0 Å². The Balaban J connectivity index is 2.16. The van der Waals surface area contributed by atoms with Gasteiger partial charge in [-0.15, -0.1) is 0 Å². The Morgan fingerprint density at radius 2 is 1.95 bits per heavy atom. The van der Waals surface area contributed by atoms with Crippen LogP contribution in [-0.2, 0) is 0 Å². The molecule has 0 bridgehead atoms. The van der Waals surface area contributed by atoms with Gasteiger partial charge >= 0.3 is 12.3 Å². The van der Waals surface area contributed by atoms with E-state index in [0.717, 1.165) is 5.39 Å². The van der Waals surface area contributed by atoms with Crippen molar-refractivity contribution in [1.82, 2.24) is 4.98 Å². The van der Waals surface area contributed by atoms with Crippen LogP contribution in [0.3, 0.4) is 0 Å². The lowest BCUT2D eigenvalue weighted by atomic mass is 10.2. The third kappa shape index (κ3) is 3.04. The van der Waals surface area contributed by atoms with Crippen LogP contribution in [0.4, 0.5) is 29.1 Å². The summed E-state index contributed by atoms with van der Waals surface area (Å²) >= 11 is 0. The van der Waals surface area contributed by atoms with Crippen LogP contribution in [0.5, 0.6) is 0 Å². The second-order valence-electron chi connectivity index (χ2n) is 4.06. The van der Waals surface area contributed by atoms with E-state index in [2.05, 4.69) is 10.3 Å². The van der Waals surface area contributed by atoms with Gasteiger partial charge in [0, 0.05) is 11.1 Å². The molecule has 0 aliphatic rings. The van der Waals surface area contributed by atoms with E-state index in [4.69, 9.17) is 5.73 Å². The number of alkyl halides is 4. The molecule has 2 rings (SSSR count). The predicted molar refractivity (Wildman–Crippen MR) is 65.6 cm³/mol. The number of halogens is 4. The molecule has 0 saturated carbocycles. The van der Waals surface area contributed by atoms with Crippen LogP contribution in [0, 0.1) is 0 Å². The van der Waals surface area contributed by atoms with E-state index in [1.807, 2.05) is 0 Å². The second-order valence-corrected chi connectivity index (χ2v) is 4.06. The fourth-order valence-corrected chi connectivity index (χ4v) is 1.53. The molecule has 0 atom stereocenters. The van der Waals surface area contributed by atoms with Gasteiger partial charge in [-0.25, -0.2) is 13.8 Å². The van der Waals surface area contributed by atoms with E-state index in [1.165, 1.54) is 6.07 Å². The maximum absolute atomic E-state index is 12.7. The normalized spacial score (nSPS) is 12.1. The van der Waals surface area contributed by atoms with E-state index in [1.54, 1.807) is 24.3 Å². The zero-order valence-electron chi connectivity index (χ0n) is 9.71. The summed E-state index contributed by atoms with van der Waals surface area (Å²) in [5.41, 5.74) is 6.68. The number of nitrogen functional groups attached to an aromatic ring is 1. The number of hydrogen-bond acceptors (Lipinski definition) is 3. The number of pyridine rings is 1. The first-order chi connectivity index (χ1) is 8.88. The number of aromatic nitrogens is 1. The van der Waals surface area contributed by atoms with Gasteiger partial charge in [0.25, 0.3) is 0 Å². The standard InChI is InChI=1S/C12H11F4N3/c13-11(14)12(15,16)6-18-10-4-1-7-5-8(17)2-3-9(7)19-10/h1-5,11H,6,17H2,(H,18,19). The van der Waals surface area contributed by atoms with Gasteiger partial charge in [0.2, 0.25) is 0 Å². The minimum absolute atomic E-state index is 0.109. The van der Waals surface area contributed by atoms with Gasteiger partial charge < -0.3 is 11.1 Å². The van der Waals surface area contributed by atoms with Gasteiger partial charge in [-0.2, -0.15) is 8.78 Å². The van der Waals surface area contributed by atoms with E-state index >= 15 is 0 Å². The topological polar surface area (TPSA) is 50.9 Å². The molecule has 0 fully saturated rings. The van der Waals surface area contributed by atoms with Crippen molar-refractivity contribution in [2.75, 3.05) is 17.6 Å². The Bertz CT molecular complexity index is 586. The molecule has 1 aromatic carbocycles. The maximum Gasteiger partial charge on any atom is 0.324 e. The summed E-state index contributed by atoms with van der Waals surface area (Å²) in [6.45, 7) is -1.17. The average molecular weight is 273 g/mol. The number of nitrogens with one attached hydrogen (secondary N) is 1. The van der Waals surface area contributed by atoms with Crippen LogP contribution in [-0.4, -0.2) is 23.9 Å². The van der Waals surface area contributed by atoms with Crippen LogP contribution < -0.4 is 11.1 Å². The van der Waals surface area contributed by atoms with Gasteiger partial charge in [-0.05, 0) is 30.3 Å². The number of benzene rings is 1. The number of fused-ring (bicyclic) bond motifs is 1. The number of hydrogen-bond donors (Lipinski definition) is 2. The number of nitrogens with zero attached hydrogens (tertiary/aromatic N) is 1. The summed E-state index contributed by atoms with van der Waals surface area (Å²) in [5.74, 6) is -3.98. The Labute approximate surface area is 106 Å². The molecule has 102 valence electrons. The lowest BCUT2D eigenvalue weighted by molar-refractivity contribution is -0.117. The Morgan fingerprint density at radius 1 is 1.21 bits per heavy atom. The molecule has 0 unspecified atom stereocenters. The van der Waals surface area contributed by atoms with E-state index < -0.39 is 18.9 Å². The third-order valence-electron chi connectivity index (χ3n) is 2.54. The molecule has 0 aliphatic carbocycles. The maximum atomic E-state index is 12.7. The molecular weight excluding hydrogens is 262 g/mol. The van der Waals surface area contributed by atoms with Crippen molar-refractivity contribution in [3.05, 3.63) is 30.3 Å². The van der Waals surface area contributed by atoms with Crippen molar-refractivity contribution in [2.24, 2.45) is 0 Å². The highest BCUT2D eigenvalue weighted by atomic mass is 19.3. The number of rotatable bonds is 4. The second kappa shape index (κ2) is 4.91. The molecule has 3 N–H and O–H groups in total. The predicted octanol–water partition coefficient (Wildman–Crippen LogP) is 3.13. The van der Waals surface area contributed by atoms with Gasteiger partial charge in [0.1, 0.15) is 5.82 Å². The van der Waals surface area contributed by atoms with Crippen molar-refractivity contribution in [2.45, 2.75) is 12.3 Å². The molecule has 19 heavy (non-hydrogen) atoms. The summed E-state index contributed by atoms with van der Waals surface area (Å²) in [6.07, 6.45) is -3.71. The molecule has 2 aromatic rings. The van der Waals surface area contributed by atoms with Crippen molar-refractivity contribution < 1.29 is 17.6 Å². The zero-order valence-corrected chi connectivity index (χ0v) is 9.71. The van der Waals surface area contributed by atoms with Crippen LogP contribution in [0.25, 0.3) is 10.9 Å². The molecule has 3 nitrogen and oxygen atoms in total. The molecule has 1 heterocycles. The van der Waals surface area contributed by atoms with E-state index in [-0.39, 0.29) is 5.82 Å². The first kappa shape index (κ1) is 13.4. The van der Waals surface area contributed by atoms with Crippen LogP contribution >= 0.6 is 0 Å². The minimum atomic E-state index is -4.09. The minimum Gasteiger partial charge on any atom is -0.399 e. The third-order valence-corrected chi connectivity index (χ3v) is 2.54. The smallest absolute Gasteiger partial charge is 0.324 e. The first-order valence-electron chi connectivity index (χ1n) is 5.44. The highest BCUT2D eigenvalue weighted by Gasteiger charge is 2.40. The van der Waals surface area contributed by atoms with Crippen LogP contribution in [0.2, 0.25) is 0 Å².